The molecule has 4 aliphatic carbocycles. The van der Waals surface area contributed by atoms with Crippen LogP contribution in [0.3, 0.4) is 0 Å². The first kappa shape index (κ1) is 11.3. The molecule has 0 spiro atoms. The summed E-state index contributed by atoms with van der Waals surface area (Å²) in [6.07, 6.45) is 3.69. The van der Waals surface area contributed by atoms with Gasteiger partial charge >= 0.3 is 5.97 Å². The average molecular weight is 236 g/mol. The monoisotopic (exact) mass is 236 g/mol. The number of esters is 1. The van der Waals surface area contributed by atoms with Crippen LogP contribution in [0.5, 0.6) is 0 Å². The summed E-state index contributed by atoms with van der Waals surface area (Å²) < 4.78 is 5.68. The van der Waals surface area contributed by atoms with Gasteiger partial charge in [-0.15, -0.1) is 0 Å². The van der Waals surface area contributed by atoms with Crippen LogP contribution in [0, 0.1) is 17.8 Å². The van der Waals surface area contributed by atoms with Crippen LogP contribution in [-0.4, -0.2) is 22.3 Å². The van der Waals surface area contributed by atoms with Crippen molar-refractivity contribution in [2.24, 2.45) is 17.8 Å². The average Bonchev–Trinajstić information content (AvgIpc) is 2.57. The Morgan fingerprint density at radius 2 is 2.12 bits per heavy atom. The Morgan fingerprint density at radius 1 is 1.41 bits per heavy atom. The van der Waals surface area contributed by atoms with Crippen LogP contribution in [0.25, 0.3) is 0 Å². The Morgan fingerprint density at radius 3 is 2.65 bits per heavy atom. The zero-order valence-corrected chi connectivity index (χ0v) is 10.5. The number of carbonyl (C=O) groups is 1. The van der Waals surface area contributed by atoms with E-state index in [1.165, 1.54) is 0 Å². The van der Waals surface area contributed by atoms with Gasteiger partial charge in [-0.2, -0.15) is 0 Å². The Balaban J connectivity index is 1.82. The molecule has 4 bridgehead atoms. The maximum Gasteiger partial charge on any atom is 0.333 e. The highest BCUT2D eigenvalue weighted by Crippen LogP contribution is 2.65. The van der Waals surface area contributed by atoms with Crippen LogP contribution in [0.15, 0.2) is 12.2 Å². The SMILES string of the molecule is C=C(C)C(=O)OC12CC3CC(C1)C(C)(O)C3C2. The van der Waals surface area contributed by atoms with E-state index in [1.54, 1.807) is 6.92 Å². The minimum absolute atomic E-state index is 0.272. The van der Waals surface area contributed by atoms with Gasteiger partial charge in [0, 0.05) is 5.57 Å². The first-order valence-corrected chi connectivity index (χ1v) is 6.45. The van der Waals surface area contributed by atoms with Crippen LogP contribution in [0.4, 0.5) is 0 Å². The van der Waals surface area contributed by atoms with Gasteiger partial charge in [-0.1, -0.05) is 6.58 Å². The number of hydrogen-bond acceptors (Lipinski definition) is 3. The van der Waals surface area contributed by atoms with Gasteiger partial charge in [0.1, 0.15) is 5.60 Å². The molecule has 5 unspecified atom stereocenters. The number of aliphatic hydroxyl groups is 1. The maximum atomic E-state index is 11.7. The predicted molar refractivity (Wildman–Crippen MR) is 63.2 cm³/mol. The van der Waals surface area contributed by atoms with Crippen LogP contribution < -0.4 is 0 Å². The summed E-state index contributed by atoms with van der Waals surface area (Å²) in [5.41, 5.74) is -0.370. The van der Waals surface area contributed by atoms with E-state index in [2.05, 4.69) is 6.58 Å². The molecule has 94 valence electrons. The van der Waals surface area contributed by atoms with E-state index in [-0.39, 0.29) is 11.6 Å². The molecule has 0 aliphatic heterocycles. The maximum absolute atomic E-state index is 11.7. The third kappa shape index (κ3) is 1.41. The molecule has 1 N–H and O–H groups in total. The summed E-state index contributed by atoms with van der Waals surface area (Å²) >= 11 is 0. The van der Waals surface area contributed by atoms with Gasteiger partial charge in [0.25, 0.3) is 0 Å². The molecular weight excluding hydrogens is 216 g/mol. The molecule has 3 heteroatoms. The lowest BCUT2D eigenvalue weighted by Crippen LogP contribution is -2.48. The van der Waals surface area contributed by atoms with Gasteiger partial charge in [0.2, 0.25) is 0 Å². The van der Waals surface area contributed by atoms with Crippen LogP contribution >= 0.6 is 0 Å². The van der Waals surface area contributed by atoms with Crippen LogP contribution in [-0.2, 0) is 9.53 Å². The fourth-order valence-corrected chi connectivity index (χ4v) is 4.42. The molecule has 0 aromatic rings. The summed E-state index contributed by atoms with van der Waals surface area (Å²) in [5, 5.41) is 10.5. The first-order valence-electron chi connectivity index (χ1n) is 6.45. The Bertz CT molecular complexity index is 394. The molecule has 4 aliphatic rings. The van der Waals surface area contributed by atoms with Crippen molar-refractivity contribution in [3.05, 3.63) is 12.2 Å². The van der Waals surface area contributed by atoms with Crippen molar-refractivity contribution in [3.8, 4) is 0 Å². The summed E-state index contributed by atoms with van der Waals surface area (Å²) in [6.45, 7) is 7.28. The lowest BCUT2D eigenvalue weighted by molar-refractivity contribution is -0.168. The number of ether oxygens (including phenoxy) is 1. The number of carbonyl (C=O) groups excluding carboxylic acids is 1. The van der Waals surface area contributed by atoms with Crippen LogP contribution in [0.2, 0.25) is 0 Å². The Hall–Kier alpha value is -0.830. The minimum atomic E-state index is -0.541. The normalized spacial score (nSPS) is 50.6. The highest BCUT2D eigenvalue weighted by atomic mass is 16.6. The first-order chi connectivity index (χ1) is 7.84. The quantitative estimate of drug-likeness (QED) is 0.589. The highest BCUT2D eigenvalue weighted by molar-refractivity contribution is 5.87. The van der Waals surface area contributed by atoms with E-state index < -0.39 is 5.60 Å². The van der Waals surface area contributed by atoms with E-state index in [0.29, 0.717) is 23.3 Å². The van der Waals surface area contributed by atoms with Gasteiger partial charge in [0.05, 0.1) is 5.60 Å². The molecule has 0 saturated heterocycles. The van der Waals surface area contributed by atoms with Crippen molar-refractivity contribution in [2.45, 2.75) is 50.7 Å². The van der Waals surface area contributed by atoms with E-state index >= 15 is 0 Å². The standard InChI is InChI=1S/C14H20O3/c1-8(2)12(15)17-14-5-9-4-10(6-14)13(3,16)11(9)7-14/h9-11,16H,1,4-7H2,2-3H3. The highest BCUT2D eigenvalue weighted by Gasteiger charge is 2.66. The van der Waals surface area contributed by atoms with Gasteiger partial charge in [-0.25, -0.2) is 4.79 Å². The van der Waals surface area contributed by atoms with E-state index in [0.717, 1.165) is 25.7 Å². The number of rotatable bonds is 2. The smallest absolute Gasteiger partial charge is 0.333 e. The molecule has 0 heterocycles. The van der Waals surface area contributed by atoms with Crippen molar-refractivity contribution in [2.75, 3.05) is 0 Å². The zero-order valence-electron chi connectivity index (χ0n) is 10.5. The summed E-state index contributed by atoms with van der Waals surface area (Å²) in [5.74, 6) is 0.894. The molecule has 3 nitrogen and oxygen atoms in total. The molecule has 4 saturated carbocycles. The van der Waals surface area contributed by atoms with E-state index in [1.807, 2.05) is 6.92 Å². The lowest BCUT2D eigenvalue weighted by Gasteiger charge is -2.44. The summed E-state index contributed by atoms with van der Waals surface area (Å²) in [7, 11) is 0. The molecule has 4 rings (SSSR count). The molecule has 0 aromatic heterocycles. The van der Waals surface area contributed by atoms with Crippen molar-refractivity contribution in [1.82, 2.24) is 0 Å². The fourth-order valence-electron chi connectivity index (χ4n) is 4.42. The molecule has 4 fully saturated rings. The van der Waals surface area contributed by atoms with Crippen molar-refractivity contribution in [3.63, 3.8) is 0 Å². The van der Waals surface area contributed by atoms with Crippen molar-refractivity contribution in [1.29, 1.82) is 0 Å². The molecule has 17 heavy (non-hydrogen) atoms. The van der Waals surface area contributed by atoms with Gasteiger partial charge in [-0.3, -0.25) is 0 Å². The van der Waals surface area contributed by atoms with E-state index in [4.69, 9.17) is 4.74 Å². The minimum Gasteiger partial charge on any atom is -0.456 e. The summed E-state index contributed by atoms with van der Waals surface area (Å²) in [6, 6.07) is 0. The molecule has 0 amide bonds. The number of hydrogen-bond donors (Lipinski definition) is 1. The second-order valence-electron chi connectivity index (χ2n) is 6.49. The Labute approximate surface area is 102 Å². The zero-order chi connectivity index (χ0) is 12.4. The molecule has 0 radical (unpaired) electrons. The second kappa shape index (κ2) is 3.14. The molecule has 0 aromatic carbocycles. The Kier molecular flexibility index (Phi) is 2.08. The van der Waals surface area contributed by atoms with Crippen molar-refractivity contribution < 1.29 is 14.6 Å². The fraction of sp³-hybridized carbons (Fsp3) is 0.786. The third-order valence-electron chi connectivity index (χ3n) is 5.24. The molecular formula is C14H20O3. The van der Waals surface area contributed by atoms with Gasteiger partial charge < -0.3 is 9.84 Å². The van der Waals surface area contributed by atoms with Gasteiger partial charge in [0.15, 0.2) is 0 Å². The summed E-state index contributed by atoms with van der Waals surface area (Å²) in [4.78, 5) is 11.7. The topological polar surface area (TPSA) is 46.5 Å². The second-order valence-corrected chi connectivity index (χ2v) is 6.49. The predicted octanol–water partition coefficient (Wildman–Crippen LogP) is 2.05. The lowest BCUT2D eigenvalue weighted by atomic mass is 9.71. The van der Waals surface area contributed by atoms with Gasteiger partial charge in [-0.05, 0) is 57.3 Å². The van der Waals surface area contributed by atoms with Crippen LogP contribution in [0.1, 0.15) is 39.5 Å². The van der Waals surface area contributed by atoms with E-state index in [9.17, 15) is 9.90 Å². The van der Waals surface area contributed by atoms with Crippen molar-refractivity contribution >= 4 is 5.97 Å². The third-order valence-corrected chi connectivity index (χ3v) is 5.24. The largest absolute Gasteiger partial charge is 0.456 e. The molecule has 5 atom stereocenters.